The molecule has 12 N–H and O–H groups in total. The highest BCUT2D eigenvalue weighted by molar-refractivity contribution is 5.87. The van der Waals surface area contributed by atoms with Gasteiger partial charge in [0.15, 0.2) is 58.6 Å². The van der Waals surface area contributed by atoms with E-state index in [1.807, 2.05) is 0 Å². The number of fused-ring (bicyclic) bond motifs is 1. The van der Waals surface area contributed by atoms with Crippen LogP contribution in [0.15, 0.2) is 69.9 Å². The summed E-state index contributed by atoms with van der Waals surface area (Å²) in [7, 11) is 1.34. The van der Waals surface area contributed by atoms with Crippen molar-refractivity contribution < 1.29 is 108 Å². The number of methoxy groups -OCH3 is 1. The number of aliphatic hydroxyl groups is 8. The maximum atomic E-state index is 12.5. The number of carbonyl (C=O) groups excluding carboxylic acids is 1. The van der Waals surface area contributed by atoms with Crippen LogP contribution in [0.25, 0.3) is 28.7 Å². The number of rotatable bonds is 13. The minimum absolute atomic E-state index is 0.0309. The molecule has 65 heavy (non-hydrogen) atoms. The summed E-state index contributed by atoms with van der Waals surface area (Å²) in [5.41, 5.74) is -0.232. The van der Waals surface area contributed by atoms with Gasteiger partial charge in [-0.25, -0.2) is 4.79 Å². The Kier molecular flexibility index (Phi) is 14.5. The molecule has 2 aromatic carbocycles. The molecule has 0 spiro atoms. The van der Waals surface area contributed by atoms with Crippen molar-refractivity contribution in [2.45, 2.75) is 86.0 Å². The second-order valence-electron chi connectivity index (χ2n) is 15.2. The Balaban J connectivity index is 1.12. The van der Waals surface area contributed by atoms with Crippen LogP contribution >= 0.6 is 0 Å². The van der Waals surface area contributed by atoms with Crippen LogP contribution in [0.1, 0.15) is 5.56 Å². The van der Waals surface area contributed by atoms with Crippen LogP contribution in [0, 0.1) is 0 Å². The van der Waals surface area contributed by atoms with Crippen molar-refractivity contribution in [3.63, 3.8) is 0 Å². The summed E-state index contributed by atoms with van der Waals surface area (Å²) in [6.07, 6.45) is -22.9. The second kappa shape index (κ2) is 19.8. The quantitative estimate of drug-likeness (QED) is 0.0391. The number of hydrogen-bond donors (Lipinski definition) is 12. The molecule has 23 heteroatoms. The highest BCUT2D eigenvalue weighted by Gasteiger charge is 2.52. The molecule has 0 aromatic heterocycles. The number of aliphatic hydroxyl groups excluding tert-OH is 8. The summed E-state index contributed by atoms with van der Waals surface area (Å²) >= 11 is 0. The minimum atomic E-state index is -2.04. The summed E-state index contributed by atoms with van der Waals surface area (Å²) in [5, 5.41) is 127. The molecule has 3 fully saturated rings. The van der Waals surface area contributed by atoms with Gasteiger partial charge in [-0.1, -0.05) is 6.07 Å². The van der Waals surface area contributed by atoms with E-state index in [2.05, 4.69) is 0 Å². The Morgan fingerprint density at radius 1 is 0.692 bits per heavy atom. The number of hydrogen-bond acceptors (Lipinski definition) is 23. The molecule has 5 aliphatic rings. The molecule has 3 saturated heterocycles. The molecule has 0 unspecified atom stereocenters. The van der Waals surface area contributed by atoms with E-state index in [4.69, 9.17) is 42.3 Å². The third kappa shape index (κ3) is 10.3. The predicted molar refractivity (Wildman–Crippen MR) is 213 cm³/mol. The molecule has 0 bridgehead atoms. The average Bonchev–Trinajstić information content (AvgIpc) is 3.28. The van der Waals surface area contributed by atoms with Crippen LogP contribution in [0.3, 0.4) is 0 Å². The van der Waals surface area contributed by atoms with Crippen LogP contribution in [0.5, 0.6) is 34.5 Å². The summed E-state index contributed by atoms with van der Waals surface area (Å²) in [6.45, 7) is -1.97. The van der Waals surface area contributed by atoms with Crippen LogP contribution in [0.2, 0.25) is 0 Å². The van der Waals surface area contributed by atoms with Crippen LogP contribution < -0.4 is 14.9 Å². The fourth-order valence-corrected chi connectivity index (χ4v) is 7.15. The summed E-state index contributed by atoms with van der Waals surface area (Å²) in [5.74, 6) is -3.30. The molecule has 1 aliphatic carbocycles. The van der Waals surface area contributed by atoms with E-state index >= 15 is 0 Å². The molecule has 14 atom stereocenters. The molecule has 2 aromatic rings. The van der Waals surface area contributed by atoms with Gasteiger partial charge in [0, 0.05) is 23.8 Å². The fraction of sp³-hybridized carbons (Fsp3) is 0.429. The number of phenolic OH excluding ortho intramolecular Hbond substituents is 4. The first kappa shape index (κ1) is 47.3. The Labute approximate surface area is 366 Å². The van der Waals surface area contributed by atoms with Crippen molar-refractivity contribution in [2.24, 2.45) is 0 Å². The zero-order chi connectivity index (χ0) is 46.9. The first-order chi connectivity index (χ1) is 30.9. The number of phenols is 4. The second-order valence-corrected chi connectivity index (χ2v) is 15.2. The van der Waals surface area contributed by atoms with Crippen molar-refractivity contribution >= 4 is 12.0 Å². The Bertz CT molecular complexity index is 2350. The molecule has 0 radical (unpaired) electrons. The van der Waals surface area contributed by atoms with Crippen molar-refractivity contribution in [3.05, 3.63) is 76.5 Å². The summed E-state index contributed by atoms with van der Waals surface area (Å²) in [4.78, 5) is 24.8. The molecule has 23 nitrogen and oxygen atoms in total. The van der Waals surface area contributed by atoms with Crippen molar-refractivity contribution in [1.82, 2.24) is 0 Å². The van der Waals surface area contributed by atoms with Gasteiger partial charge < -0.3 is 104 Å². The van der Waals surface area contributed by atoms with Gasteiger partial charge in [0.1, 0.15) is 79.2 Å². The van der Waals surface area contributed by atoms with Crippen LogP contribution in [-0.2, 0) is 33.2 Å². The molecule has 7 rings (SSSR count). The van der Waals surface area contributed by atoms with E-state index in [1.54, 1.807) is 0 Å². The van der Waals surface area contributed by atoms with E-state index in [1.165, 1.54) is 43.5 Å². The van der Waals surface area contributed by atoms with E-state index in [0.29, 0.717) is 5.56 Å². The number of benzene rings is 3. The van der Waals surface area contributed by atoms with Gasteiger partial charge in [0.05, 0.1) is 25.9 Å². The Morgan fingerprint density at radius 2 is 1.38 bits per heavy atom. The molecule has 4 heterocycles. The predicted octanol–water partition coefficient (Wildman–Crippen LogP) is -2.03. The van der Waals surface area contributed by atoms with Gasteiger partial charge in [-0.05, 0) is 48.0 Å². The monoisotopic (exact) mass is 918 g/mol. The van der Waals surface area contributed by atoms with Crippen molar-refractivity contribution in [2.75, 3.05) is 26.9 Å². The van der Waals surface area contributed by atoms with Crippen LogP contribution in [-0.4, -0.2) is 180 Å². The number of ether oxygens (including phenoxy) is 8. The lowest BCUT2D eigenvalue weighted by Crippen LogP contribution is -2.64. The molecular weight excluding hydrogens is 872 g/mol. The lowest BCUT2D eigenvalue weighted by Gasteiger charge is -2.45. The number of aromatic hydroxyl groups is 4. The van der Waals surface area contributed by atoms with Gasteiger partial charge in [0.25, 0.3) is 0 Å². The maximum absolute atomic E-state index is 12.5. The topological polar surface area (TPSA) is 364 Å². The van der Waals surface area contributed by atoms with E-state index < -0.39 is 134 Å². The third-order valence-corrected chi connectivity index (χ3v) is 10.8. The molecule has 0 amide bonds. The van der Waals surface area contributed by atoms with Gasteiger partial charge in [-0.2, -0.15) is 0 Å². The lowest BCUT2D eigenvalue weighted by molar-refractivity contribution is -0.353. The molecule has 4 aliphatic heterocycles. The van der Waals surface area contributed by atoms with Gasteiger partial charge in [0.2, 0.25) is 6.29 Å². The first-order valence-electron chi connectivity index (χ1n) is 19.8. The van der Waals surface area contributed by atoms with Gasteiger partial charge in [-0.15, -0.1) is 0 Å². The van der Waals surface area contributed by atoms with E-state index in [9.17, 15) is 70.9 Å². The summed E-state index contributed by atoms with van der Waals surface area (Å²) < 4.78 is 50.9. The summed E-state index contributed by atoms with van der Waals surface area (Å²) in [6, 6.07) is 10.9. The first-order valence-corrected chi connectivity index (χ1v) is 19.8. The number of carbonyl (C=O) groups is 1. The average molecular weight is 919 g/mol. The van der Waals surface area contributed by atoms with Gasteiger partial charge >= 0.3 is 5.97 Å². The molecular formula is C42H46O23. The zero-order valence-corrected chi connectivity index (χ0v) is 33.9. The minimum Gasteiger partial charge on any atom is -0.507 e. The third-order valence-electron chi connectivity index (χ3n) is 10.8. The fourth-order valence-electron chi connectivity index (χ4n) is 7.15. The van der Waals surface area contributed by atoms with E-state index in [-0.39, 0.29) is 39.9 Å². The smallest absolute Gasteiger partial charge is 0.330 e. The van der Waals surface area contributed by atoms with Crippen molar-refractivity contribution in [1.29, 1.82) is 0 Å². The van der Waals surface area contributed by atoms with Crippen LogP contribution in [0.4, 0.5) is 0 Å². The standard InChI is InChI=1S/C42H46O23/c1-57-26-8-16(2-5-21(26)45)3-7-30(49)58-14-28-32(51)34(53)37(56)40(63-28)60-15-29-33(52)35(54)39(65-41-36(55)31(50)24(48)13-59-41)42(64-29)62-27-12-19-22(46)10-18(43)11-25(19)61-38(27)17-4-6-20(44)23(47)9-17/h2-12,24,28-29,31-37,39-42,44-48,50-56H,13-15H2,1H3/b7-3+/t24-,28-,29-,31+,32-,33-,34+,35+,36-,37-,39-,40-,41+,42+/m1/s1. The highest BCUT2D eigenvalue weighted by atomic mass is 16.8. The zero-order valence-electron chi connectivity index (χ0n) is 33.9. The lowest BCUT2D eigenvalue weighted by atomic mass is 9.97. The van der Waals surface area contributed by atoms with E-state index in [0.717, 1.165) is 30.3 Å². The number of esters is 1. The normalized spacial score (nSPS) is 31.8. The highest BCUT2D eigenvalue weighted by Crippen LogP contribution is 2.43. The molecule has 352 valence electrons. The Morgan fingerprint density at radius 3 is 2.12 bits per heavy atom. The van der Waals surface area contributed by atoms with Gasteiger partial charge in [-0.3, -0.25) is 4.79 Å². The maximum Gasteiger partial charge on any atom is 0.330 e. The largest absolute Gasteiger partial charge is 0.507 e. The van der Waals surface area contributed by atoms with Crippen molar-refractivity contribution in [3.8, 4) is 57.1 Å². The Hall–Kier alpha value is -5.64. The SMILES string of the molecule is COc1cc(/C=C/C(=O)OC[C@H]2O[C@@H](OC[C@H]3O[C@H](Oc4cc5c(O)cc(=O)cc-5oc4-c4ccc(O)c(O)c4)[C@H](O[C@@H]4OC[C@@H](O)[C@H](O)[C@H]4O)[C@@H](O)[C@@H]3O)[C@H](O)[C@@H](O)[C@@H]2O)ccc1O. The molecule has 0 saturated carbocycles.